The van der Waals surface area contributed by atoms with Crippen molar-refractivity contribution in [2.45, 2.75) is 44.6 Å². The quantitative estimate of drug-likeness (QED) is 0.833. The van der Waals surface area contributed by atoms with Gasteiger partial charge in [0.25, 0.3) is 5.91 Å². The second-order valence-corrected chi connectivity index (χ2v) is 6.59. The Balaban J connectivity index is 1.61. The van der Waals surface area contributed by atoms with Gasteiger partial charge in [-0.2, -0.15) is 0 Å². The van der Waals surface area contributed by atoms with Crippen molar-refractivity contribution in [3.05, 3.63) is 65.5 Å². The number of hydrogen-bond acceptors (Lipinski definition) is 4. The molecule has 26 heavy (non-hydrogen) atoms. The standard InChI is InChI=1S/C21H24N2O3/c1-2-26-21(25)16-11-9-15(10-12-16)17-6-5-7-18(14-17)23-20(24)19-8-3-4-13-22-19/h3-4,8-13,17-18H,2,5-7,14H2,1H3,(H,23,24)/t17-,18+/m0/s1. The fourth-order valence-corrected chi connectivity index (χ4v) is 3.49. The summed E-state index contributed by atoms with van der Waals surface area (Å²) in [5.74, 6) is -0.0221. The molecular formula is C21H24N2O3. The summed E-state index contributed by atoms with van der Waals surface area (Å²) in [7, 11) is 0. The molecule has 1 amide bonds. The van der Waals surface area contributed by atoms with Crippen LogP contribution in [0.1, 0.15) is 64.9 Å². The molecule has 0 spiro atoms. The molecule has 2 atom stereocenters. The van der Waals surface area contributed by atoms with Gasteiger partial charge in [0, 0.05) is 12.2 Å². The van der Waals surface area contributed by atoms with Gasteiger partial charge in [0.2, 0.25) is 0 Å². The van der Waals surface area contributed by atoms with Gasteiger partial charge < -0.3 is 10.1 Å². The van der Waals surface area contributed by atoms with Crippen LogP contribution in [0.4, 0.5) is 0 Å². The summed E-state index contributed by atoms with van der Waals surface area (Å²) in [5, 5.41) is 3.11. The predicted molar refractivity (Wildman–Crippen MR) is 99.1 cm³/mol. The van der Waals surface area contributed by atoms with Gasteiger partial charge in [0.15, 0.2) is 0 Å². The maximum Gasteiger partial charge on any atom is 0.338 e. The van der Waals surface area contributed by atoms with E-state index in [1.165, 1.54) is 5.56 Å². The summed E-state index contributed by atoms with van der Waals surface area (Å²) in [5.41, 5.74) is 2.23. The summed E-state index contributed by atoms with van der Waals surface area (Å²) in [4.78, 5) is 28.2. The number of carbonyl (C=O) groups is 2. The molecule has 0 aliphatic heterocycles. The minimum atomic E-state index is -0.289. The lowest BCUT2D eigenvalue weighted by Crippen LogP contribution is -2.38. The number of benzene rings is 1. The van der Waals surface area contributed by atoms with Crippen LogP contribution in [-0.4, -0.2) is 29.5 Å². The summed E-state index contributed by atoms with van der Waals surface area (Å²) >= 11 is 0. The van der Waals surface area contributed by atoms with Crippen molar-refractivity contribution in [3.63, 3.8) is 0 Å². The average Bonchev–Trinajstić information content (AvgIpc) is 2.69. The zero-order valence-corrected chi connectivity index (χ0v) is 15.0. The third-order valence-electron chi connectivity index (χ3n) is 4.80. The zero-order chi connectivity index (χ0) is 18.4. The Labute approximate surface area is 153 Å². The van der Waals surface area contributed by atoms with Crippen LogP contribution in [0, 0.1) is 0 Å². The van der Waals surface area contributed by atoms with E-state index < -0.39 is 0 Å². The minimum absolute atomic E-state index is 0.117. The van der Waals surface area contributed by atoms with E-state index in [9.17, 15) is 9.59 Å². The number of carbonyl (C=O) groups excluding carboxylic acids is 2. The van der Waals surface area contributed by atoms with Crippen molar-refractivity contribution in [2.75, 3.05) is 6.61 Å². The van der Waals surface area contributed by atoms with Crippen LogP contribution in [0.3, 0.4) is 0 Å². The first kappa shape index (κ1) is 18.1. The molecule has 5 heteroatoms. The van der Waals surface area contributed by atoms with Gasteiger partial charge in [-0.05, 0) is 61.9 Å². The molecule has 0 unspecified atom stereocenters. The maximum absolute atomic E-state index is 12.3. The first-order chi connectivity index (χ1) is 12.7. The highest BCUT2D eigenvalue weighted by molar-refractivity contribution is 5.92. The van der Waals surface area contributed by atoms with E-state index >= 15 is 0 Å². The molecule has 2 aromatic rings. The number of pyridine rings is 1. The molecule has 1 aromatic heterocycles. The third-order valence-corrected chi connectivity index (χ3v) is 4.80. The molecule has 1 aromatic carbocycles. The van der Waals surface area contributed by atoms with Crippen molar-refractivity contribution in [2.24, 2.45) is 0 Å². The SMILES string of the molecule is CCOC(=O)c1ccc([C@H]2CCC[C@@H](NC(=O)c3ccccn3)C2)cc1. The average molecular weight is 352 g/mol. The number of nitrogens with one attached hydrogen (secondary N) is 1. The molecule has 0 bridgehead atoms. The van der Waals surface area contributed by atoms with Crippen molar-refractivity contribution in [3.8, 4) is 0 Å². The van der Waals surface area contributed by atoms with Crippen LogP contribution in [0.2, 0.25) is 0 Å². The first-order valence-corrected chi connectivity index (χ1v) is 9.16. The number of rotatable bonds is 5. The van der Waals surface area contributed by atoms with E-state index in [0.717, 1.165) is 25.7 Å². The highest BCUT2D eigenvalue weighted by Crippen LogP contribution is 2.33. The summed E-state index contributed by atoms with van der Waals surface area (Å²) in [6.07, 6.45) is 5.67. The van der Waals surface area contributed by atoms with E-state index in [4.69, 9.17) is 4.74 Å². The topological polar surface area (TPSA) is 68.3 Å². The lowest BCUT2D eigenvalue weighted by atomic mass is 9.81. The van der Waals surface area contributed by atoms with E-state index in [0.29, 0.717) is 23.8 Å². The van der Waals surface area contributed by atoms with Crippen LogP contribution in [-0.2, 0) is 4.74 Å². The van der Waals surface area contributed by atoms with Gasteiger partial charge in [-0.15, -0.1) is 0 Å². The van der Waals surface area contributed by atoms with Gasteiger partial charge in [-0.3, -0.25) is 9.78 Å². The molecule has 1 heterocycles. The van der Waals surface area contributed by atoms with Crippen molar-refractivity contribution < 1.29 is 14.3 Å². The Bertz CT molecular complexity index is 744. The fraction of sp³-hybridized carbons (Fsp3) is 0.381. The van der Waals surface area contributed by atoms with Crippen LogP contribution in [0.25, 0.3) is 0 Å². The van der Waals surface area contributed by atoms with Crippen molar-refractivity contribution >= 4 is 11.9 Å². The zero-order valence-electron chi connectivity index (χ0n) is 15.0. The number of nitrogens with zero attached hydrogens (tertiary/aromatic N) is 1. The molecule has 0 saturated heterocycles. The van der Waals surface area contributed by atoms with Gasteiger partial charge in [0.1, 0.15) is 5.69 Å². The Kier molecular flexibility index (Phi) is 6.00. The van der Waals surface area contributed by atoms with Crippen molar-refractivity contribution in [1.29, 1.82) is 0 Å². The Morgan fingerprint density at radius 2 is 1.96 bits per heavy atom. The van der Waals surface area contributed by atoms with Crippen molar-refractivity contribution in [1.82, 2.24) is 10.3 Å². The molecule has 1 aliphatic rings. The maximum atomic E-state index is 12.3. The van der Waals surface area contributed by atoms with E-state index in [2.05, 4.69) is 10.3 Å². The molecule has 1 fully saturated rings. The molecule has 5 nitrogen and oxygen atoms in total. The summed E-state index contributed by atoms with van der Waals surface area (Å²) in [6, 6.07) is 13.1. The van der Waals surface area contributed by atoms with Gasteiger partial charge in [-0.1, -0.05) is 24.6 Å². The van der Waals surface area contributed by atoms with Gasteiger partial charge in [-0.25, -0.2) is 4.79 Å². The van der Waals surface area contributed by atoms with E-state index in [1.54, 1.807) is 25.3 Å². The summed E-state index contributed by atoms with van der Waals surface area (Å²) < 4.78 is 5.02. The molecule has 3 rings (SSSR count). The second kappa shape index (κ2) is 8.61. The molecule has 136 valence electrons. The molecule has 0 radical (unpaired) electrons. The van der Waals surface area contributed by atoms with Crippen LogP contribution < -0.4 is 5.32 Å². The Hall–Kier alpha value is -2.69. The Morgan fingerprint density at radius 1 is 1.15 bits per heavy atom. The normalized spacial score (nSPS) is 19.6. The fourth-order valence-electron chi connectivity index (χ4n) is 3.49. The minimum Gasteiger partial charge on any atom is -0.462 e. The van der Waals surface area contributed by atoms with Gasteiger partial charge >= 0.3 is 5.97 Å². The number of esters is 1. The largest absolute Gasteiger partial charge is 0.462 e. The van der Waals surface area contributed by atoms with E-state index in [1.807, 2.05) is 30.3 Å². The molecule has 1 N–H and O–H groups in total. The van der Waals surface area contributed by atoms with E-state index in [-0.39, 0.29) is 17.9 Å². The first-order valence-electron chi connectivity index (χ1n) is 9.16. The smallest absolute Gasteiger partial charge is 0.338 e. The predicted octanol–water partition coefficient (Wildman–Crippen LogP) is 3.71. The Morgan fingerprint density at radius 3 is 2.65 bits per heavy atom. The second-order valence-electron chi connectivity index (χ2n) is 6.59. The third kappa shape index (κ3) is 4.48. The van der Waals surface area contributed by atoms with Gasteiger partial charge in [0.05, 0.1) is 12.2 Å². The molecular weight excluding hydrogens is 328 g/mol. The summed E-state index contributed by atoms with van der Waals surface area (Å²) in [6.45, 7) is 2.18. The highest BCUT2D eigenvalue weighted by atomic mass is 16.5. The van der Waals surface area contributed by atoms with Crippen LogP contribution >= 0.6 is 0 Å². The monoisotopic (exact) mass is 352 g/mol. The van der Waals surface area contributed by atoms with Crippen LogP contribution in [0.5, 0.6) is 0 Å². The molecule has 1 saturated carbocycles. The number of hydrogen-bond donors (Lipinski definition) is 1. The highest BCUT2D eigenvalue weighted by Gasteiger charge is 2.25. The lowest BCUT2D eigenvalue weighted by molar-refractivity contribution is 0.0526. The lowest BCUT2D eigenvalue weighted by Gasteiger charge is -2.30. The number of amides is 1. The number of aromatic nitrogens is 1. The van der Waals surface area contributed by atoms with Crippen LogP contribution in [0.15, 0.2) is 48.7 Å². The number of ether oxygens (including phenoxy) is 1. The molecule has 1 aliphatic carbocycles.